The van der Waals surface area contributed by atoms with E-state index < -0.39 is 0 Å². The molecule has 2 aliphatic rings. The van der Waals surface area contributed by atoms with Crippen molar-refractivity contribution in [1.82, 2.24) is 5.32 Å². The van der Waals surface area contributed by atoms with Crippen LogP contribution in [0.15, 0.2) is 29.3 Å². The van der Waals surface area contributed by atoms with E-state index in [9.17, 15) is 0 Å². The summed E-state index contributed by atoms with van der Waals surface area (Å²) in [6, 6.07) is 9.77. The van der Waals surface area contributed by atoms with Crippen LogP contribution in [-0.2, 0) is 6.42 Å². The van der Waals surface area contributed by atoms with Gasteiger partial charge in [0.05, 0.1) is 6.54 Å². The van der Waals surface area contributed by atoms with Gasteiger partial charge in [0.25, 0.3) is 0 Å². The van der Waals surface area contributed by atoms with Gasteiger partial charge in [-0.05, 0) is 37.8 Å². The molecule has 4 heteroatoms. The lowest BCUT2D eigenvalue weighted by Crippen LogP contribution is -2.39. The van der Waals surface area contributed by atoms with Crippen LogP contribution in [0.3, 0.4) is 0 Å². The Morgan fingerprint density at radius 3 is 2.90 bits per heavy atom. The third kappa shape index (κ3) is 3.31. The molecule has 1 fully saturated rings. The van der Waals surface area contributed by atoms with E-state index in [1.807, 2.05) is 0 Å². The van der Waals surface area contributed by atoms with Crippen LogP contribution in [0.25, 0.3) is 0 Å². The lowest BCUT2D eigenvalue weighted by Gasteiger charge is -2.24. The van der Waals surface area contributed by atoms with Crippen LogP contribution in [0.4, 0.5) is 5.69 Å². The highest BCUT2D eigenvalue weighted by molar-refractivity contribution is 5.78. The zero-order chi connectivity index (χ0) is 14.7. The molecular weight excluding hydrogens is 260 g/mol. The first-order valence-electron chi connectivity index (χ1n) is 8.15. The van der Waals surface area contributed by atoms with Crippen molar-refractivity contribution < 1.29 is 0 Å². The van der Waals surface area contributed by atoms with Crippen LogP contribution in [0, 0.1) is 0 Å². The summed E-state index contributed by atoms with van der Waals surface area (Å²) >= 11 is 0. The number of para-hydroxylation sites is 1. The first-order valence-corrected chi connectivity index (χ1v) is 8.15. The summed E-state index contributed by atoms with van der Waals surface area (Å²) in [7, 11) is 0. The molecular formula is C17H26N4. The second-order valence-corrected chi connectivity index (χ2v) is 6.27. The van der Waals surface area contributed by atoms with Gasteiger partial charge in [-0.15, -0.1) is 0 Å². The molecule has 1 aliphatic heterocycles. The van der Waals surface area contributed by atoms with Gasteiger partial charge in [0.15, 0.2) is 5.96 Å². The van der Waals surface area contributed by atoms with Gasteiger partial charge in [0, 0.05) is 24.3 Å². The second kappa shape index (κ2) is 6.37. The monoisotopic (exact) mass is 286 g/mol. The van der Waals surface area contributed by atoms with E-state index in [0.29, 0.717) is 18.0 Å². The molecule has 1 unspecified atom stereocenters. The Morgan fingerprint density at radius 2 is 2.10 bits per heavy atom. The van der Waals surface area contributed by atoms with E-state index in [2.05, 4.69) is 46.4 Å². The fourth-order valence-corrected chi connectivity index (χ4v) is 3.57. The lowest BCUT2D eigenvalue weighted by atomic mass is 10.1. The minimum Gasteiger partial charge on any atom is -0.370 e. The molecule has 1 atom stereocenters. The van der Waals surface area contributed by atoms with E-state index in [1.165, 1.54) is 36.9 Å². The molecule has 0 aromatic heterocycles. The molecule has 0 radical (unpaired) electrons. The number of hydrogen-bond donors (Lipinski definition) is 2. The number of aliphatic imine (C=N–C) groups is 1. The highest BCUT2D eigenvalue weighted by Gasteiger charge is 2.24. The number of nitrogens with two attached hydrogens (primary N) is 1. The molecule has 1 aliphatic carbocycles. The van der Waals surface area contributed by atoms with Gasteiger partial charge in [-0.2, -0.15) is 0 Å². The molecule has 0 spiro atoms. The van der Waals surface area contributed by atoms with E-state index >= 15 is 0 Å². The summed E-state index contributed by atoms with van der Waals surface area (Å²) < 4.78 is 0. The van der Waals surface area contributed by atoms with Gasteiger partial charge >= 0.3 is 0 Å². The summed E-state index contributed by atoms with van der Waals surface area (Å²) in [5.41, 5.74) is 8.80. The van der Waals surface area contributed by atoms with Gasteiger partial charge in [-0.1, -0.05) is 31.0 Å². The maximum Gasteiger partial charge on any atom is 0.188 e. The first kappa shape index (κ1) is 14.2. The molecule has 4 nitrogen and oxygen atoms in total. The maximum absolute atomic E-state index is 5.99. The van der Waals surface area contributed by atoms with E-state index in [-0.39, 0.29) is 0 Å². The second-order valence-electron chi connectivity index (χ2n) is 6.27. The molecule has 1 saturated carbocycles. The molecule has 0 bridgehead atoms. The van der Waals surface area contributed by atoms with Gasteiger partial charge in [0.1, 0.15) is 0 Å². The Balaban J connectivity index is 1.53. The number of hydrogen-bond acceptors (Lipinski definition) is 2. The summed E-state index contributed by atoms with van der Waals surface area (Å²) in [4.78, 5) is 6.95. The number of guanidine groups is 1. The molecule has 3 rings (SSSR count). The quantitative estimate of drug-likeness (QED) is 0.659. The van der Waals surface area contributed by atoms with Gasteiger partial charge in [-0.3, -0.25) is 4.99 Å². The van der Waals surface area contributed by atoms with Crippen molar-refractivity contribution in [3.8, 4) is 0 Å². The number of anilines is 1. The fraction of sp³-hybridized carbons (Fsp3) is 0.588. The average Bonchev–Trinajstić information content (AvgIpc) is 3.07. The number of rotatable bonds is 4. The van der Waals surface area contributed by atoms with Gasteiger partial charge in [-0.25, -0.2) is 0 Å². The van der Waals surface area contributed by atoms with E-state index in [0.717, 1.165) is 19.5 Å². The van der Waals surface area contributed by atoms with Crippen LogP contribution in [0.5, 0.6) is 0 Å². The average molecular weight is 286 g/mol. The normalized spacial score (nSPS) is 22.6. The molecule has 1 heterocycles. The predicted octanol–water partition coefficient (Wildman–Crippen LogP) is 2.28. The minimum absolute atomic E-state index is 0.542. The van der Waals surface area contributed by atoms with Crippen molar-refractivity contribution in [3.63, 3.8) is 0 Å². The fourth-order valence-electron chi connectivity index (χ4n) is 3.57. The number of nitrogens with zero attached hydrogens (tertiary/aromatic N) is 2. The Hall–Kier alpha value is -1.71. The van der Waals surface area contributed by atoms with Gasteiger partial charge in [0.2, 0.25) is 0 Å². The zero-order valence-corrected chi connectivity index (χ0v) is 12.9. The summed E-state index contributed by atoms with van der Waals surface area (Å²) in [6.07, 6.45) is 6.22. The SMILES string of the molecule is CC1Cc2ccccc2N1CCN=C(N)NC1CCCC1. The van der Waals surface area contributed by atoms with Gasteiger partial charge < -0.3 is 16.0 Å². The minimum atomic E-state index is 0.542. The molecule has 1 aromatic carbocycles. The summed E-state index contributed by atoms with van der Waals surface area (Å²) in [5.74, 6) is 0.613. The van der Waals surface area contributed by atoms with Crippen LogP contribution < -0.4 is 16.0 Å². The molecule has 3 N–H and O–H groups in total. The largest absolute Gasteiger partial charge is 0.370 e. The molecule has 0 amide bonds. The van der Waals surface area contributed by atoms with Crippen LogP contribution >= 0.6 is 0 Å². The highest BCUT2D eigenvalue weighted by atomic mass is 15.2. The molecule has 1 aromatic rings. The summed E-state index contributed by atoms with van der Waals surface area (Å²) in [6.45, 7) is 3.97. The zero-order valence-electron chi connectivity index (χ0n) is 12.9. The Kier molecular flexibility index (Phi) is 4.32. The van der Waals surface area contributed by atoms with Crippen molar-refractivity contribution in [2.45, 2.75) is 51.1 Å². The van der Waals surface area contributed by atoms with Crippen molar-refractivity contribution in [1.29, 1.82) is 0 Å². The Labute approximate surface area is 127 Å². The van der Waals surface area contributed by atoms with Crippen molar-refractivity contribution in [2.75, 3.05) is 18.0 Å². The molecule has 114 valence electrons. The third-order valence-corrected chi connectivity index (χ3v) is 4.68. The number of benzene rings is 1. The van der Waals surface area contributed by atoms with E-state index in [4.69, 9.17) is 5.73 Å². The Bertz CT molecular complexity index is 505. The predicted molar refractivity (Wildman–Crippen MR) is 88.8 cm³/mol. The molecule has 21 heavy (non-hydrogen) atoms. The lowest BCUT2D eigenvalue weighted by molar-refractivity contribution is 0.623. The number of fused-ring (bicyclic) bond motifs is 1. The smallest absolute Gasteiger partial charge is 0.188 e. The van der Waals surface area contributed by atoms with Crippen molar-refractivity contribution >= 4 is 11.6 Å². The van der Waals surface area contributed by atoms with E-state index in [1.54, 1.807) is 0 Å². The molecule has 0 saturated heterocycles. The highest BCUT2D eigenvalue weighted by Crippen LogP contribution is 2.31. The third-order valence-electron chi connectivity index (χ3n) is 4.68. The maximum atomic E-state index is 5.99. The Morgan fingerprint density at radius 1 is 1.33 bits per heavy atom. The van der Waals surface area contributed by atoms with Crippen molar-refractivity contribution in [3.05, 3.63) is 29.8 Å². The standard InChI is InChI=1S/C17H26N4/c1-13-12-14-6-2-5-9-16(14)21(13)11-10-19-17(18)20-15-7-3-4-8-15/h2,5-6,9,13,15H,3-4,7-8,10-12H2,1H3,(H3,18,19,20). The topological polar surface area (TPSA) is 53.6 Å². The van der Waals surface area contributed by atoms with Crippen molar-refractivity contribution in [2.24, 2.45) is 10.7 Å². The van der Waals surface area contributed by atoms with Crippen LogP contribution in [0.1, 0.15) is 38.2 Å². The number of nitrogens with one attached hydrogen (secondary N) is 1. The van der Waals surface area contributed by atoms with Crippen LogP contribution in [0.2, 0.25) is 0 Å². The first-order chi connectivity index (χ1) is 10.2. The summed E-state index contributed by atoms with van der Waals surface area (Å²) in [5, 5.41) is 3.34. The van der Waals surface area contributed by atoms with Crippen LogP contribution in [-0.4, -0.2) is 31.1 Å².